The van der Waals surface area contributed by atoms with E-state index in [1.54, 1.807) is 7.11 Å². The smallest absolute Gasteiger partial charge is 0.309 e. The Morgan fingerprint density at radius 3 is 2.89 bits per heavy atom. The number of carbonyl (C=O) groups is 1. The number of aryl methyl sites for hydroxylation is 1. The fraction of sp³-hybridized carbons (Fsp3) is 0.562. The van der Waals surface area contributed by atoms with Crippen molar-refractivity contribution < 1.29 is 14.3 Å². The lowest BCUT2D eigenvalue weighted by Gasteiger charge is -2.18. The molecule has 1 aromatic carbocycles. The quantitative estimate of drug-likeness (QED) is 0.767. The van der Waals surface area contributed by atoms with E-state index < -0.39 is 0 Å². The van der Waals surface area contributed by atoms with Crippen molar-refractivity contribution in [2.45, 2.75) is 37.5 Å². The van der Waals surface area contributed by atoms with Crippen molar-refractivity contribution in [3.63, 3.8) is 0 Å². The Bertz CT molecular complexity index is 509. The van der Waals surface area contributed by atoms with Crippen LogP contribution in [0.1, 0.15) is 36.8 Å². The lowest BCUT2D eigenvalue weighted by Crippen LogP contribution is -2.17. The first-order chi connectivity index (χ1) is 9.21. The molecule has 2 aliphatic rings. The summed E-state index contributed by atoms with van der Waals surface area (Å²) in [5, 5.41) is 0. The molecule has 0 saturated heterocycles. The van der Waals surface area contributed by atoms with Gasteiger partial charge in [-0.2, -0.15) is 0 Å². The summed E-state index contributed by atoms with van der Waals surface area (Å²) in [5.74, 6) is 0.868. The highest BCUT2D eigenvalue weighted by Gasteiger charge is 2.60. The first kappa shape index (κ1) is 12.5. The molecular weight excluding hydrogens is 240 g/mol. The van der Waals surface area contributed by atoms with E-state index in [1.165, 1.54) is 31.1 Å². The first-order valence-electron chi connectivity index (χ1n) is 6.96. The molecule has 1 spiro atoms. The Morgan fingerprint density at radius 1 is 1.32 bits per heavy atom. The zero-order valence-corrected chi connectivity index (χ0v) is 11.6. The zero-order chi connectivity index (χ0) is 13.5. The van der Waals surface area contributed by atoms with Crippen LogP contribution in [0.15, 0.2) is 18.2 Å². The number of hydrogen-bond acceptors (Lipinski definition) is 3. The van der Waals surface area contributed by atoms with Crippen LogP contribution in [0.5, 0.6) is 5.75 Å². The Balaban J connectivity index is 2.02. The van der Waals surface area contributed by atoms with Gasteiger partial charge in [0.1, 0.15) is 5.75 Å². The summed E-state index contributed by atoms with van der Waals surface area (Å²) in [6, 6.07) is 6.31. The fourth-order valence-electron chi connectivity index (χ4n) is 3.59. The minimum Gasteiger partial charge on any atom is -0.497 e. The van der Waals surface area contributed by atoms with Gasteiger partial charge in [-0.25, -0.2) is 0 Å². The number of fused-ring (bicyclic) bond motifs is 2. The summed E-state index contributed by atoms with van der Waals surface area (Å²) in [5.41, 5.74) is 2.72. The summed E-state index contributed by atoms with van der Waals surface area (Å²) in [6.45, 7) is 0. The number of benzene rings is 1. The SMILES string of the molecule is COC(=O)C1CC12CCCCc1ccc(OC)cc12. The standard InChI is InChI=1S/C16H20O3/c1-18-12-7-6-11-5-3-4-8-16(13(11)9-12)10-14(16)15(17)19-2/h6-7,9,14H,3-5,8,10H2,1-2H3. The molecule has 0 amide bonds. The Hall–Kier alpha value is -1.51. The van der Waals surface area contributed by atoms with Crippen molar-refractivity contribution in [1.82, 2.24) is 0 Å². The highest BCUT2D eigenvalue weighted by atomic mass is 16.5. The molecule has 19 heavy (non-hydrogen) atoms. The van der Waals surface area contributed by atoms with Crippen LogP contribution in [0.4, 0.5) is 0 Å². The van der Waals surface area contributed by atoms with Gasteiger partial charge in [0.15, 0.2) is 0 Å². The number of methoxy groups -OCH3 is 2. The van der Waals surface area contributed by atoms with Gasteiger partial charge >= 0.3 is 5.97 Å². The summed E-state index contributed by atoms with van der Waals surface area (Å²) in [6.07, 6.45) is 5.52. The summed E-state index contributed by atoms with van der Waals surface area (Å²) in [7, 11) is 3.17. The van der Waals surface area contributed by atoms with Crippen molar-refractivity contribution >= 4 is 5.97 Å². The number of ether oxygens (including phenoxy) is 2. The van der Waals surface area contributed by atoms with E-state index in [-0.39, 0.29) is 17.3 Å². The third-order valence-electron chi connectivity index (χ3n) is 4.73. The molecule has 2 atom stereocenters. The molecule has 0 radical (unpaired) electrons. The number of carbonyl (C=O) groups excluding carboxylic acids is 1. The van der Waals surface area contributed by atoms with E-state index in [4.69, 9.17) is 9.47 Å². The Labute approximate surface area is 113 Å². The lowest BCUT2D eigenvalue weighted by molar-refractivity contribution is -0.142. The van der Waals surface area contributed by atoms with Crippen molar-refractivity contribution in [3.8, 4) is 5.75 Å². The summed E-state index contributed by atoms with van der Waals surface area (Å²) >= 11 is 0. The monoisotopic (exact) mass is 260 g/mol. The summed E-state index contributed by atoms with van der Waals surface area (Å²) in [4.78, 5) is 11.9. The van der Waals surface area contributed by atoms with E-state index in [9.17, 15) is 4.79 Å². The molecule has 3 heteroatoms. The molecule has 0 aliphatic heterocycles. The molecule has 1 fully saturated rings. The van der Waals surface area contributed by atoms with Crippen LogP contribution in [-0.4, -0.2) is 20.2 Å². The van der Waals surface area contributed by atoms with E-state index in [0.29, 0.717) is 0 Å². The molecule has 3 nitrogen and oxygen atoms in total. The maximum absolute atomic E-state index is 11.9. The molecule has 0 heterocycles. The van der Waals surface area contributed by atoms with Crippen LogP contribution >= 0.6 is 0 Å². The van der Waals surface area contributed by atoms with E-state index in [2.05, 4.69) is 12.1 Å². The zero-order valence-electron chi connectivity index (χ0n) is 11.6. The van der Waals surface area contributed by atoms with Crippen LogP contribution in [-0.2, 0) is 21.4 Å². The van der Waals surface area contributed by atoms with Crippen LogP contribution in [0.3, 0.4) is 0 Å². The number of rotatable bonds is 2. The predicted octanol–water partition coefficient (Wildman–Crippen LogP) is 2.85. The third kappa shape index (κ3) is 1.92. The van der Waals surface area contributed by atoms with Gasteiger partial charge in [-0.15, -0.1) is 0 Å². The number of esters is 1. The van der Waals surface area contributed by atoms with Crippen LogP contribution in [0, 0.1) is 5.92 Å². The van der Waals surface area contributed by atoms with Gasteiger partial charge in [-0.05, 0) is 48.9 Å². The van der Waals surface area contributed by atoms with E-state index >= 15 is 0 Å². The second-order valence-electron chi connectivity index (χ2n) is 5.67. The van der Waals surface area contributed by atoms with Gasteiger partial charge in [0.2, 0.25) is 0 Å². The highest BCUT2D eigenvalue weighted by Crippen LogP contribution is 2.60. The van der Waals surface area contributed by atoms with Crippen molar-refractivity contribution in [2.24, 2.45) is 5.92 Å². The minimum absolute atomic E-state index is 0.0213. The van der Waals surface area contributed by atoms with Crippen LogP contribution in [0.2, 0.25) is 0 Å². The number of hydrogen-bond donors (Lipinski definition) is 0. The molecular formula is C16H20O3. The second kappa shape index (κ2) is 4.55. The molecule has 0 N–H and O–H groups in total. The largest absolute Gasteiger partial charge is 0.497 e. The van der Waals surface area contributed by atoms with Gasteiger partial charge in [-0.1, -0.05) is 12.5 Å². The Morgan fingerprint density at radius 2 is 2.16 bits per heavy atom. The molecule has 2 aliphatic carbocycles. The fourth-order valence-corrected chi connectivity index (χ4v) is 3.59. The Kier molecular flexibility index (Phi) is 3.00. The molecule has 0 aromatic heterocycles. The van der Waals surface area contributed by atoms with Gasteiger partial charge in [0.25, 0.3) is 0 Å². The predicted molar refractivity (Wildman–Crippen MR) is 72.4 cm³/mol. The normalized spacial score (nSPS) is 28.4. The molecule has 2 unspecified atom stereocenters. The van der Waals surface area contributed by atoms with Crippen molar-refractivity contribution in [2.75, 3.05) is 14.2 Å². The maximum Gasteiger partial charge on any atom is 0.309 e. The molecule has 1 saturated carbocycles. The van der Waals surface area contributed by atoms with Crippen molar-refractivity contribution in [1.29, 1.82) is 0 Å². The first-order valence-corrected chi connectivity index (χ1v) is 6.96. The average Bonchev–Trinajstić information content (AvgIpc) is 3.21. The maximum atomic E-state index is 11.9. The van der Waals surface area contributed by atoms with Gasteiger partial charge in [-0.3, -0.25) is 4.79 Å². The van der Waals surface area contributed by atoms with Gasteiger partial charge < -0.3 is 9.47 Å². The van der Waals surface area contributed by atoms with Crippen LogP contribution < -0.4 is 4.74 Å². The molecule has 0 bridgehead atoms. The third-order valence-corrected chi connectivity index (χ3v) is 4.73. The highest BCUT2D eigenvalue weighted by molar-refractivity contribution is 5.79. The van der Waals surface area contributed by atoms with Crippen molar-refractivity contribution in [3.05, 3.63) is 29.3 Å². The topological polar surface area (TPSA) is 35.5 Å². The molecule has 102 valence electrons. The average molecular weight is 260 g/mol. The van der Waals surface area contributed by atoms with E-state index in [1.807, 2.05) is 6.07 Å². The van der Waals surface area contributed by atoms with Gasteiger partial charge in [0.05, 0.1) is 20.1 Å². The van der Waals surface area contributed by atoms with Gasteiger partial charge in [0, 0.05) is 5.41 Å². The van der Waals surface area contributed by atoms with E-state index in [0.717, 1.165) is 25.0 Å². The minimum atomic E-state index is -0.0596. The molecule has 1 aromatic rings. The molecule has 3 rings (SSSR count). The lowest BCUT2D eigenvalue weighted by atomic mass is 9.87. The van der Waals surface area contributed by atoms with Crippen LogP contribution in [0.25, 0.3) is 0 Å². The second-order valence-corrected chi connectivity index (χ2v) is 5.67. The summed E-state index contributed by atoms with van der Waals surface area (Å²) < 4.78 is 10.3.